The summed E-state index contributed by atoms with van der Waals surface area (Å²) in [5.74, 6) is 0. The molecule has 0 aliphatic rings. The van der Waals surface area contributed by atoms with Gasteiger partial charge in [-0.1, -0.05) is 182 Å². The van der Waals surface area contributed by atoms with Crippen LogP contribution in [0.15, 0.2) is 251 Å². The molecule has 16 aromatic rings. The largest absolute Gasteiger partial charge is 0.455 e. The molecule has 2 heterocycles. The third kappa shape index (κ3) is 6.88. The molecule has 0 N–H and O–H groups in total. The summed E-state index contributed by atoms with van der Waals surface area (Å²) in [5, 5.41) is 16.7. The third-order valence-corrected chi connectivity index (χ3v) is 17.0. The Kier molecular flexibility index (Phi) is 10.2. The summed E-state index contributed by atoms with van der Waals surface area (Å²) in [6.07, 6.45) is 0. The third-order valence-electron chi connectivity index (χ3n) is 17.0. The molecule has 0 atom stereocenters. The average Bonchev–Trinajstić information content (AvgIpc) is 4.23. The zero-order valence-electron chi connectivity index (χ0n) is 44.8. The topological polar surface area (TPSA) is 32.8 Å². The Bertz CT molecular complexity index is 4810. The zero-order chi connectivity index (χ0) is 53.3. The number of anilines is 6. The van der Waals surface area contributed by atoms with Crippen molar-refractivity contribution >= 4 is 132 Å². The molecule has 0 saturated heterocycles. The summed E-state index contributed by atoms with van der Waals surface area (Å²) in [6.45, 7) is 8.93. The van der Waals surface area contributed by atoms with E-state index in [-0.39, 0.29) is 0 Å². The maximum absolute atomic E-state index is 6.72. The number of hydrogen-bond acceptors (Lipinski definition) is 4. The minimum absolute atomic E-state index is 0.897. The van der Waals surface area contributed by atoms with Crippen molar-refractivity contribution in [3.05, 3.63) is 265 Å². The average molecular weight is 1030 g/mol. The van der Waals surface area contributed by atoms with Crippen molar-refractivity contribution < 1.29 is 8.83 Å². The van der Waals surface area contributed by atoms with Crippen LogP contribution in [0.5, 0.6) is 0 Å². The van der Waals surface area contributed by atoms with E-state index in [0.717, 1.165) is 88.9 Å². The molecule has 4 heteroatoms. The molecule has 0 aliphatic heterocycles. The van der Waals surface area contributed by atoms with Crippen molar-refractivity contribution in [2.45, 2.75) is 27.7 Å². The molecule has 0 unspecified atom stereocenters. The Morgan fingerprint density at radius 2 is 0.637 bits per heavy atom. The van der Waals surface area contributed by atoms with Gasteiger partial charge in [0.05, 0.1) is 22.7 Å². The van der Waals surface area contributed by atoms with Crippen LogP contribution in [0.2, 0.25) is 0 Å². The Labute approximate surface area is 462 Å². The van der Waals surface area contributed by atoms with Gasteiger partial charge in [0, 0.05) is 54.8 Å². The smallest absolute Gasteiger partial charge is 0.143 e. The van der Waals surface area contributed by atoms with E-state index in [1.807, 2.05) is 0 Å². The number of aryl methyl sites for hydroxylation is 4. The molecule has 378 valence electrons. The van der Waals surface area contributed by atoms with E-state index in [2.05, 4.69) is 280 Å². The van der Waals surface area contributed by atoms with Crippen molar-refractivity contribution in [2.24, 2.45) is 0 Å². The van der Waals surface area contributed by atoms with Gasteiger partial charge in [0.15, 0.2) is 0 Å². The van der Waals surface area contributed by atoms with Gasteiger partial charge in [0.25, 0.3) is 0 Å². The van der Waals surface area contributed by atoms with E-state index in [4.69, 9.17) is 8.83 Å². The van der Waals surface area contributed by atoms with Crippen molar-refractivity contribution in [3.63, 3.8) is 0 Å². The van der Waals surface area contributed by atoms with E-state index in [1.54, 1.807) is 0 Å². The van der Waals surface area contributed by atoms with Gasteiger partial charge in [-0.2, -0.15) is 0 Å². The molecule has 0 bridgehead atoms. The van der Waals surface area contributed by atoms with Gasteiger partial charge in [0.1, 0.15) is 22.3 Å². The van der Waals surface area contributed by atoms with Crippen LogP contribution < -0.4 is 9.80 Å². The lowest BCUT2D eigenvalue weighted by atomic mass is 9.91. The molecule has 80 heavy (non-hydrogen) atoms. The predicted octanol–water partition coefficient (Wildman–Crippen LogP) is 22.2. The highest BCUT2D eigenvalue weighted by molar-refractivity contribution is 6.29. The van der Waals surface area contributed by atoms with Crippen molar-refractivity contribution in [1.82, 2.24) is 0 Å². The minimum atomic E-state index is 0.897. The van der Waals surface area contributed by atoms with Crippen molar-refractivity contribution in [1.29, 1.82) is 0 Å². The molecule has 0 aliphatic carbocycles. The van der Waals surface area contributed by atoms with E-state index >= 15 is 0 Å². The predicted molar refractivity (Wildman–Crippen MR) is 339 cm³/mol. The number of hydrogen-bond donors (Lipinski definition) is 0. The Hall–Kier alpha value is -10.2. The summed E-state index contributed by atoms with van der Waals surface area (Å²) >= 11 is 0. The van der Waals surface area contributed by atoms with E-state index in [0.29, 0.717) is 0 Å². The monoisotopic (exact) mass is 1020 g/mol. The second kappa shape index (κ2) is 17.7. The highest BCUT2D eigenvalue weighted by Crippen LogP contribution is 2.51. The number of furan rings is 2. The first kappa shape index (κ1) is 46.0. The fourth-order valence-corrected chi connectivity index (χ4v) is 13.4. The van der Waals surface area contributed by atoms with Crippen molar-refractivity contribution in [2.75, 3.05) is 9.80 Å². The van der Waals surface area contributed by atoms with Gasteiger partial charge in [-0.25, -0.2) is 0 Å². The standard InChI is InChI=1S/C76H52N2O2/c1-45-15-13-16-46(2)73(45)77(55-35-27-49(28-36-55)63-43-53-19-5-7-21-57(53)71-61-23-9-11-25-67(61)79-75(63)71)65-41-33-51-32-40-60-66(42-34-52-31-39-59(65)69(51)70(52)60)78(74-47(3)17-14-18-48(74)4)56-37-29-50(30-38-56)64-44-54-20-6-8-22-58(54)72-62-24-10-12-26-68(62)80-76(64)72/h5-44H,1-4H3. The molecule has 16 rings (SSSR count). The summed E-state index contributed by atoms with van der Waals surface area (Å²) in [5.41, 5.74) is 19.6. The van der Waals surface area contributed by atoms with Crippen LogP contribution in [0.1, 0.15) is 22.3 Å². The molecule has 2 aromatic heterocycles. The summed E-state index contributed by atoms with van der Waals surface area (Å²) in [4.78, 5) is 4.97. The lowest BCUT2D eigenvalue weighted by Gasteiger charge is -2.32. The number of nitrogens with zero attached hydrogens (tertiary/aromatic N) is 2. The van der Waals surface area contributed by atoms with Gasteiger partial charge in [-0.05, 0) is 165 Å². The number of para-hydroxylation sites is 4. The Morgan fingerprint density at radius 3 is 1.05 bits per heavy atom. The molecule has 4 nitrogen and oxygen atoms in total. The molecular formula is C76H52N2O2. The first-order chi connectivity index (χ1) is 39.3. The lowest BCUT2D eigenvalue weighted by molar-refractivity contribution is 0.670. The highest BCUT2D eigenvalue weighted by Gasteiger charge is 2.26. The highest BCUT2D eigenvalue weighted by atomic mass is 16.3. The Morgan fingerprint density at radius 1 is 0.275 bits per heavy atom. The van der Waals surface area contributed by atoms with Crippen LogP contribution >= 0.6 is 0 Å². The molecule has 0 fully saturated rings. The molecule has 14 aromatic carbocycles. The van der Waals surface area contributed by atoms with Crippen LogP contribution in [-0.4, -0.2) is 0 Å². The maximum Gasteiger partial charge on any atom is 0.143 e. The summed E-state index contributed by atoms with van der Waals surface area (Å²) < 4.78 is 13.4. The number of fused-ring (bicyclic) bond motifs is 10. The quantitative estimate of drug-likeness (QED) is 0.142. The first-order valence-corrected chi connectivity index (χ1v) is 27.6. The first-order valence-electron chi connectivity index (χ1n) is 27.6. The Balaban J connectivity index is 0.863. The van der Waals surface area contributed by atoms with Crippen LogP contribution in [0.3, 0.4) is 0 Å². The molecule has 0 saturated carbocycles. The van der Waals surface area contributed by atoms with Crippen LogP contribution in [-0.2, 0) is 0 Å². The van der Waals surface area contributed by atoms with Gasteiger partial charge >= 0.3 is 0 Å². The second-order valence-electron chi connectivity index (χ2n) is 21.7. The van der Waals surface area contributed by atoms with Crippen LogP contribution in [0, 0.1) is 27.7 Å². The second-order valence-corrected chi connectivity index (χ2v) is 21.7. The van der Waals surface area contributed by atoms with Crippen LogP contribution in [0.25, 0.3) is 120 Å². The molecule has 0 spiro atoms. The summed E-state index contributed by atoms with van der Waals surface area (Å²) in [7, 11) is 0. The lowest BCUT2D eigenvalue weighted by Crippen LogP contribution is -2.14. The number of rotatable bonds is 8. The van der Waals surface area contributed by atoms with E-state index < -0.39 is 0 Å². The van der Waals surface area contributed by atoms with Gasteiger partial charge in [-0.15, -0.1) is 0 Å². The maximum atomic E-state index is 6.72. The van der Waals surface area contributed by atoms with Gasteiger partial charge < -0.3 is 18.6 Å². The normalized spacial score (nSPS) is 12.0. The summed E-state index contributed by atoms with van der Waals surface area (Å²) in [6, 6.07) is 88.8. The molecular weight excluding hydrogens is 973 g/mol. The van der Waals surface area contributed by atoms with E-state index in [1.165, 1.54) is 87.5 Å². The van der Waals surface area contributed by atoms with E-state index in [9.17, 15) is 0 Å². The molecule has 0 radical (unpaired) electrons. The van der Waals surface area contributed by atoms with Crippen LogP contribution in [0.4, 0.5) is 34.1 Å². The van der Waals surface area contributed by atoms with Crippen molar-refractivity contribution in [3.8, 4) is 22.3 Å². The van der Waals surface area contributed by atoms with Gasteiger partial charge in [0.2, 0.25) is 0 Å². The van der Waals surface area contributed by atoms with Gasteiger partial charge in [-0.3, -0.25) is 0 Å². The fraction of sp³-hybridized carbons (Fsp3) is 0.0526. The number of benzene rings is 14. The SMILES string of the molecule is Cc1cccc(C)c1N(c1ccc(-c2cc3ccccc3c3c2oc2ccccc23)cc1)c1ccc2ccc3c(N(c4ccc(-c5cc6ccccc6c6c5oc5ccccc56)cc4)c4c(C)cccc4C)ccc4ccc1c2c43. The molecule has 0 amide bonds. The minimum Gasteiger partial charge on any atom is -0.455 e. The fourth-order valence-electron chi connectivity index (χ4n) is 13.4. The zero-order valence-corrected chi connectivity index (χ0v) is 44.8.